The van der Waals surface area contributed by atoms with Gasteiger partial charge in [-0.15, -0.1) is 0 Å². The third-order valence-corrected chi connectivity index (χ3v) is 1.80. The van der Waals surface area contributed by atoms with Crippen LogP contribution in [0, 0.1) is 5.82 Å². The molecule has 0 saturated heterocycles. The molecule has 0 atom stereocenters. The summed E-state index contributed by atoms with van der Waals surface area (Å²) in [6.07, 6.45) is 5.09. The quantitative estimate of drug-likeness (QED) is 0.589. The standard InChI is InChI=1S/C11H13FN2/c1-3-4-7-14(2)11-6-5-9(13)8-10(11)12/h3-8H,1,13H2,2H3/b7-4-. The van der Waals surface area contributed by atoms with E-state index in [0.717, 1.165) is 0 Å². The third-order valence-electron chi connectivity index (χ3n) is 1.80. The maximum absolute atomic E-state index is 13.3. The monoisotopic (exact) mass is 192 g/mol. The smallest absolute Gasteiger partial charge is 0.148 e. The summed E-state index contributed by atoms with van der Waals surface area (Å²) in [5.41, 5.74) is 6.34. The van der Waals surface area contributed by atoms with Crippen LogP contribution in [0.4, 0.5) is 15.8 Å². The number of benzene rings is 1. The zero-order valence-corrected chi connectivity index (χ0v) is 8.07. The lowest BCUT2D eigenvalue weighted by Gasteiger charge is -2.14. The number of nitrogen functional groups attached to an aromatic ring is 1. The first-order valence-electron chi connectivity index (χ1n) is 4.22. The number of hydrogen-bond acceptors (Lipinski definition) is 2. The van der Waals surface area contributed by atoms with Gasteiger partial charge >= 0.3 is 0 Å². The van der Waals surface area contributed by atoms with E-state index in [1.807, 2.05) is 0 Å². The zero-order valence-electron chi connectivity index (χ0n) is 8.07. The van der Waals surface area contributed by atoms with Gasteiger partial charge in [-0.2, -0.15) is 0 Å². The van der Waals surface area contributed by atoms with Gasteiger partial charge in [-0.1, -0.05) is 12.7 Å². The highest BCUT2D eigenvalue weighted by atomic mass is 19.1. The highest BCUT2D eigenvalue weighted by Gasteiger charge is 2.04. The van der Waals surface area contributed by atoms with Crippen LogP contribution >= 0.6 is 0 Å². The number of halogens is 1. The Hall–Kier alpha value is -1.77. The van der Waals surface area contributed by atoms with Gasteiger partial charge in [0, 0.05) is 18.9 Å². The Labute approximate surface area is 83.1 Å². The fourth-order valence-electron chi connectivity index (χ4n) is 1.08. The van der Waals surface area contributed by atoms with Gasteiger partial charge in [-0.05, 0) is 24.3 Å². The van der Waals surface area contributed by atoms with E-state index < -0.39 is 0 Å². The van der Waals surface area contributed by atoms with Crippen molar-refractivity contribution >= 4 is 11.4 Å². The van der Waals surface area contributed by atoms with Crippen molar-refractivity contribution in [3.05, 3.63) is 48.9 Å². The molecule has 0 radical (unpaired) electrons. The fraction of sp³-hybridized carbons (Fsp3) is 0.0909. The fourth-order valence-corrected chi connectivity index (χ4v) is 1.08. The Morgan fingerprint density at radius 2 is 2.21 bits per heavy atom. The normalized spacial score (nSPS) is 10.4. The zero-order chi connectivity index (χ0) is 10.6. The molecule has 0 bridgehead atoms. The van der Waals surface area contributed by atoms with Crippen molar-refractivity contribution in [1.29, 1.82) is 0 Å². The number of anilines is 2. The predicted molar refractivity (Wildman–Crippen MR) is 58.6 cm³/mol. The number of nitrogens with zero attached hydrogens (tertiary/aromatic N) is 1. The minimum atomic E-state index is -0.332. The summed E-state index contributed by atoms with van der Waals surface area (Å²) in [5, 5.41) is 0. The molecule has 0 fully saturated rings. The van der Waals surface area contributed by atoms with Gasteiger partial charge in [0.25, 0.3) is 0 Å². The van der Waals surface area contributed by atoms with Crippen molar-refractivity contribution in [2.24, 2.45) is 0 Å². The molecule has 0 spiro atoms. The van der Waals surface area contributed by atoms with E-state index in [1.165, 1.54) is 6.07 Å². The molecule has 1 rings (SSSR count). The summed E-state index contributed by atoms with van der Waals surface area (Å²) in [5.74, 6) is -0.332. The molecule has 0 aromatic heterocycles. The molecule has 0 unspecified atom stereocenters. The SMILES string of the molecule is C=C/C=C\N(C)c1ccc(N)cc1F. The van der Waals surface area contributed by atoms with Crippen LogP contribution in [-0.4, -0.2) is 7.05 Å². The summed E-state index contributed by atoms with van der Waals surface area (Å²) in [4.78, 5) is 1.66. The lowest BCUT2D eigenvalue weighted by molar-refractivity contribution is 0.628. The maximum Gasteiger partial charge on any atom is 0.148 e. The number of rotatable bonds is 3. The molecule has 0 saturated carbocycles. The van der Waals surface area contributed by atoms with Crippen molar-refractivity contribution in [1.82, 2.24) is 0 Å². The van der Waals surface area contributed by atoms with Crippen LogP contribution in [0.2, 0.25) is 0 Å². The molecule has 0 aliphatic rings. The molecule has 0 amide bonds. The maximum atomic E-state index is 13.3. The molecule has 0 aliphatic heterocycles. The van der Waals surface area contributed by atoms with Gasteiger partial charge in [-0.25, -0.2) is 4.39 Å². The van der Waals surface area contributed by atoms with E-state index >= 15 is 0 Å². The molecular weight excluding hydrogens is 179 g/mol. The average molecular weight is 192 g/mol. The molecule has 2 N–H and O–H groups in total. The summed E-state index contributed by atoms with van der Waals surface area (Å²) >= 11 is 0. The second-order valence-corrected chi connectivity index (χ2v) is 2.90. The van der Waals surface area contributed by atoms with E-state index in [0.29, 0.717) is 11.4 Å². The topological polar surface area (TPSA) is 29.3 Å². The van der Waals surface area contributed by atoms with Crippen molar-refractivity contribution < 1.29 is 4.39 Å². The number of hydrogen-bond donors (Lipinski definition) is 1. The summed E-state index contributed by atoms with van der Waals surface area (Å²) < 4.78 is 13.3. The Balaban J connectivity index is 2.95. The summed E-state index contributed by atoms with van der Waals surface area (Å²) in [6, 6.07) is 4.60. The molecule has 1 aromatic rings. The Bertz CT molecular complexity index is 358. The minimum absolute atomic E-state index is 0.332. The van der Waals surface area contributed by atoms with Crippen LogP contribution in [0.3, 0.4) is 0 Å². The first kappa shape index (κ1) is 10.3. The molecule has 0 aliphatic carbocycles. The Morgan fingerprint density at radius 1 is 1.50 bits per heavy atom. The second-order valence-electron chi connectivity index (χ2n) is 2.90. The van der Waals surface area contributed by atoms with Crippen LogP contribution in [0.15, 0.2) is 43.1 Å². The molecular formula is C11H13FN2. The van der Waals surface area contributed by atoms with Crippen LogP contribution < -0.4 is 10.6 Å². The highest BCUT2D eigenvalue weighted by Crippen LogP contribution is 2.20. The van der Waals surface area contributed by atoms with E-state index in [4.69, 9.17) is 5.73 Å². The number of nitrogens with two attached hydrogens (primary N) is 1. The van der Waals surface area contributed by atoms with Gasteiger partial charge < -0.3 is 10.6 Å². The van der Waals surface area contributed by atoms with Crippen molar-refractivity contribution in [2.75, 3.05) is 17.7 Å². The largest absolute Gasteiger partial charge is 0.399 e. The second kappa shape index (κ2) is 4.46. The molecule has 14 heavy (non-hydrogen) atoms. The molecule has 3 heteroatoms. The van der Waals surface area contributed by atoms with E-state index in [1.54, 1.807) is 42.4 Å². The van der Waals surface area contributed by atoms with Crippen LogP contribution in [0.1, 0.15) is 0 Å². The van der Waals surface area contributed by atoms with E-state index in [9.17, 15) is 4.39 Å². The number of allylic oxidation sites excluding steroid dienone is 2. The summed E-state index contributed by atoms with van der Waals surface area (Å²) in [6.45, 7) is 3.54. The minimum Gasteiger partial charge on any atom is -0.399 e. The summed E-state index contributed by atoms with van der Waals surface area (Å²) in [7, 11) is 1.76. The van der Waals surface area contributed by atoms with Gasteiger partial charge in [0.05, 0.1) is 5.69 Å². The average Bonchev–Trinajstić information content (AvgIpc) is 2.14. The van der Waals surface area contributed by atoms with Gasteiger partial charge in [-0.3, -0.25) is 0 Å². The lowest BCUT2D eigenvalue weighted by Crippen LogP contribution is -2.09. The van der Waals surface area contributed by atoms with Crippen molar-refractivity contribution in [3.8, 4) is 0 Å². The van der Waals surface area contributed by atoms with Gasteiger partial charge in [0.15, 0.2) is 0 Å². The first-order valence-corrected chi connectivity index (χ1v) is 4.22. The van der Waals surface area contributed by atoms with Crippen LogP contribution in [0.25, 0.3) is 0 Å². The van der Waals surface area contributed by atoms with E-state index in [-0.39, 0.29) is 5.82 Å². The third kappa shape index (κ3) is 2.36. The molecule has 2 nitrogen and oxygen atoms in total. The van der Waals surface area contributed by atoms with E-state index in [2.05, 4.69) is 6.58 Å². The Kier molecular flexibility index (Phi) is 3.29. The van der Waals surface area contributed by atoms with Crippen molar-refractivity contribution in [3.63, 3.8) is 0 Å². The Morgan fingerprint density at radius 3 is 2.79 bits per heavy atom. The first-order chi connectivity index (χ1) is 6.65. The molecule has 74 valence electrons. The van der Waals surface area contributed by atoms with Crippen LogP contribution in [-0.2, 0) is 0 Å². The van der Waals surface area contributed by atoms with Gasteiger partial charge in [0.1, 0.15) is 5.82 Å². The molecule has 1 aromatic carbocycles. The lowest BCUT2D eigenvalue weighted by atomic mass is 10.2. The highest BCUT2D eigenvalue weighted by molar-refractivity contribution is 5.55. The van der Waals surface area contributed by atoms with Crippen molar-refractivity contribution in [2.45, 2.75) is 0 Å². The predicted octanol–water partition coefficient (Wildman–Crippen LogP) is 2.54. The molecule has 0 heterocycles. The van der Waals surface area contributed by atoms with Crippen LogP contribution in [0.5, 0.6) is 0 Å². The van der Waals surface area contributed by atoms with Gasteiger partial charge in [0.2, 0.25) is 0 Å².